The molecule has 0 unspecified atom stereocenters. The van der Waals surface area contributed by atoms with Gasteiger partial charge < -0.3 is 9.47 Å². The minimum atomic E-state index is -4.04. The SMILES string of the molecule is COC(=O)c1ccc(OC)c(NS(=O)(=O)c2ccc([N+](=O)[O-])cc2)c1. The third kappa shape index (κ3) is 4.04. The molecule has 0 heterocycles. The standard InChI is InChI=1S/C15H14N2O7S/c1-23-14-8-3-10(15(18)24-2)9-13(14)16-25(21,22)12-6-4-11(5-7-12)17(19)20/h3-9,16H,1-2H3. The zero-order chi connectivity index (χ0) is 18.6. The lowest BCUT2D eigenvalue weighted by Gasteiger charge is -2.13. The largest absolute Gasteiger partial charge is 0.495 e. The Labute approximate surface area is 143 Å². The van der Waals surface area contributed by atoms with Crippen LogP contribution in [0.4, 0.5) is 11.4 Å². The van der Waals surface area contributed by atoms with Crippen molar-refractivity contribution in [2.75, 3.05) is 18.9 Å². The minimum Gasteiger partial charge on any atom is -0.495 e. The number of nitrogens with one attached hydrogen (secondary N) is 1. The van der Waals surface area contributed by atoms with Crippen LogP contribution in [0.3, 0.4) is 0 Å². The number of nitro benzene ring substituents is 1. The molecule has 0 saturated heterocycles. The van der Waals surface area contributed by atoms with Crippen molar-refractivity contribution < 1.29 is 27.6 Å². The van der Waals surface area contributed by atoms with E-state index in [1.165, 1.54) is 32.4 Å². The van der Waals surface area contributed by atoms with E-state index in [1.807, 2.05) is 0 Å². The van der Waals surface area contributed by atoms with Crippen LogP contribution in [0, 0.1) is 10.1 Å². The summed E-state index contributed by atoms with van der Waals surface area (Å²) >= 11 is 0. The minimum absolute atomic E-state index is 0.0313. The van der Waals surface area contributed by atoms with Crippen molar-refractivity contribution in [1.29, 1.82) is 0 Å². The summed E-state index contributed by atoms with van der Waals surface area (Å²) in [6.45, 7) is 0. The predicted octanol–water partition coefficient (Wildman–Crippen LogP) is 2.19. The maximum atomic E-state index is 12.4. The summed E-state index contributed by atoms with van der Waals surface area (Å²) in [6.07, 6.45) is 0. The normalized spacial score (nSPS) is 10.8. The Morgan fingerprint density at radius 2 is 1.76 bits per heavy atom. The molecule has 25 heavy (non-hydrogen) atoms. The number of benzene rings is 2. The molecule has 0 fully saturated rings. The third-order valence-electron chi connectivity index (χ3n) is 3.22. The van der Waals surface area contributed by atoms with Gasteiger partial charge in [-0.3, -0.25) is 14.8 Å². The van der Waals surface area contributed by atoms with Crippen molar-refractivity contribution in [3.05, 3.63) is 58.1 Å². The summed E-state index contributed by atoms with van der Waals surface area (Å²) in [4.78, 5) is 21.4. The lowest BCUT2D eigenvalue weighted by molar-refractivity contribution is -0.384. The van der Waals surface area contributed by atoms with Crippen molar-refractivity contribution in [2.45, 2.75) is 4.90 Å². The summed E-state index contributed by atoms with van der Waals surface area (Å²) in [7, 11) is -1.50. The maximum Gasteiger partial charge on any atom is 0.337 e. The average Bonchev–Trinajstić information content (AvgIpc) is 2.60. The van der Waals surface area contributed by atoms with Gasteiger partial charge in [0.15, 0.2) is 0 Å². The van der Waals surface area contributed by atoms with Gasteiger partial charge in [0.2, 0.25) is 0 Å². The first-order valence-corrected chi connectivity index (χ1v) is 8.30. The van der Waals surface area contributed by atoms with E-state index in [2.05, 4.69) is 9.46 Å². The van der Waals surface area contributed by atoms with Gasteiger partial charge in [0, 0.05) is 12.1 Å². The maximum absolute atomic E-state index is 12.4. The molecular weight excluding hydrogens is 352 g/mol. The van der Waals surface area contributed by atoms with Crippen molar-refractivity contribution in [3.8, 4) is 5.75 Å². The summed E-state index contributed by atoms with van der Waals surface area (Å²) in [5, 5.41) is 10.6. The number of hydrogen-bond donors (Lipinski definition) is 1. The molecule has 0 bridgehead atoms. The number of carbonyl (C=O) groups excluding carboxylic acids is 1. The van der Waals surface area contributed by atoms with Crippen molar-refractivity contribution in [2.24, 2.45) is 0 Å². The number of hydrogen-bond acceptors (Lipinski definition) is 7. The number of non-ortho nitro benzene ring substituents is 1. The summed E-state index contributed by atoms with van der Waals surface area (Å²) in [5.74, 6) is -0.448. The van der Waals surface area contributed by atoms with Gasteiger partial charge >= 0.3 is 5.97 Å². The van der Waals surface area contributed by atoms with Crippen LogP contribution in [-0.4, -0.2) is 33.5 Å². The highest BCUT2D eigenvalue weighted by atomic mass is 32.2. The van der Waals surface area contributed by atoms with Crippen LogP contribution in [0.15, 0.2) is 47.4 Å². The Morgan fingerprint density at radius 3 is 2.28 bits per heavy atom. The van der Waals surface area contributed by atoms with Gasteiger partial charge in [-0.2, -0.15) is 0 Å². The van der Waals surface area contributed by atoms with Gasteiger partial charge in [-0.15, -0.1) is 0 Å². The molecule has 0 aliphatic heterocycles. The Balaban J connectivity index is 2.39. The highest BCUT2D eigenvalue weighted by Gasteiger charge is 2.19. The van der Waals surface area contributed by atoms with Gasteiger partial charge in [0.05, 0.1) is 35.3 Å². The number of rotatable bonds is 6. The molecule has 9 nitrogen and oxygen atoms in total. The van der Waals surface area contributed by atoms with Gasteiger partial charge in [-0.05, 0) is 30.3 Å². The fourth-order valence-corrected chi connectivity index (χ4v) is 3.04. The number of ether oxygens (including phenoxy) is 2. The van der Waals surface area contributed by atoms with E-state index < -0.39 is 20.9 Å². The molecule has 0 atom stereocenters. The Bertz CT molecular complexity index is 908. The lowest BCUT2D eigenvalue weighted by Crippen LogP contribution is -2.14. The number of sulfonamides is 1. The Morgan fingerprint density at radius 1 is 1.12 bits per heavy atom. The topological polar surface area (TPSA) is 125 Å². The number of methoxy groups -OCH3 is 2. The van der Waals surface area contributed by atoms with Gasteiger partial charge in [0.25, 0.3) is 15.7 Å². The molecule has 2 rings (SSSR count). The third-order valence-corrected chi connectivity index (χ3v) is 4.60. The molecule has 2 aromatic carbocycles. The molecule has 0 aliphatic rings. The molecule has 0 aromatic heterocycles. The molecule has 0 aliphatic carbocycles. The Hall–Kier alpha value is -3.14. The summed E-state index contributed by atoms with van der Waals surface area (Å²) < 4.78 is 36.9. The van der Waals surface area contributed by atoms with E-state index in [4.69, 9.17) is 4.74 Å². The fourth-order valence-electron chi connectivity index (χ4n) is 1.98. The van der Waals surface area contributed by atoms with E-state index in [1.54, 1.807) is 0 Å². The first kappa shape index (κ1) is 18.2. The number of anilines is 1. The number of carbonyl (C=O) groups is 1. The molecule has 132 valence electrons. The molecule has 1 N–H and O–H groups in total. The fraction of sp³-hybridized carbons (Fsp3) is 0.133. The second-order valence-corrected chi connectivity index (χ2v) is 6.45. The second-order valence-electron chi connectivity index (χ2n) is 4.76. The van der Waals surface area contributed by atoms with Crippen LogP contribution in [0.2, 0.25) is 0 Å². The van der Waals surface area contributed by atoms with Crippen LogP contribution in [0.1, 0.15) is 10.4 Å². The van der Waals surface area contributed by atoms with Crippen molar-refractivity contribution in [3.63, 3.8) is 0 Å². The number of nitro groups is 1. The van der Waals surface area contributed by atoms with Crippen molar-refractivity contribution in [1.82, 2.24) is 0 Å². The molecule has 0 saturated carbocycles. The predicted molar refractivity (Wildman–Crippen MR) is 88.2 cm³/mol. The highest BCUT2D eigenvalue weighted by molar-refractivity contribution is 7.92. The highest BCUT2D eigenvalue weighted by Crippen LogP contribution is 2.28. The molecule has 0 radical (unpaired) electrons. The van der Waals surface area contributed by atoms with Gasteiger partial charge in [-0.1, -0.05) is 0 Å². The summed E-state index contributed by atoms with van der Waals surface area (Å²) in [6, 6.07) is 8.49. The van der Waals surface area contributed by atoms with E-state index in [0.29, 0.717) is 0 Å². The average molecular weight is 366 g/mol. The van der Waals surface area contributed by atoms with Crippen LogP contribution in [-0.2, 0) is 14.8 Å². The summed E-state index contributed by atoms with van der Waals surface area (Å²) in [5.41, 5.74) is -0.0716. The lowest BCUT2D eigenvalue weighted by atomic mass is 10.2. The first-order valence-electron chi connectivity index (χ1n) is 6.82. The van der Waals surface area contributed by atoms with E-state index in [9.17, 15) is 23.3 Å². The molecular formula is C15H14N2O7S. The zero-order valence-corrected chi connectivity index (χ0v) is 14.1. The van der Waals surface area contributed by atoms with Crippen LogP contribution in [0.5, 0.6) is 5.75 Å². The molecule has 0 amide bonds. The van der Waals surface area contributed by atoms with E-state index in [0.717, 1.165) is 24.3 Å². The van der Waals surface area contributed by atoms with Gasteiger partial charge in [0.1, 0.15) is 5.75 Å². The number of esters is 1. The van der Waals surface area contributed by atoms with E-state index >= 15 is 0 Å². The molecule has 0 spiro atoms. The van der Waals surface area contributed by atoms with Crippen LogP contribution in [0.25, 0.3) is 0 Å². The molecule has 2 aromatic rings. The second kappa shape index (κ2) is 7.18. The Kier molecular flexibility index (Phi) is 5.22. The first-order chi connectivity index (χ1) is 11.8. The molecule has 10 heteroatoms. The quantitative estimate of drug-likeness (QED) is 0.472. The monoisotopic (exact) mass is 366 g/mol. The van der Waals surface area contributed by atoms with Crippen LogP contribution >= 0.6 is 0 Å². The van der Waals surface area contributed by atoms with Gasteiger partial charge in [-0.25, -0.2) is 13.2 Å². The van der Waals surface area contributed by atoms with Crippen molar-refractivity contribution >= 4 is 27.4 Å². The smallest absolute Gasteiger partial charge is 0.337 e. The van der Waals surface area contributed by atoms with Crippen LogP contribution < -0.4 is 9.46 Å². The number of nitrogens with zero attached hydrogens (tertiary/aromatic N) is 1. The zero-order valence-electron chi connectivity index (χ0n) is 13.3. The van der Waals surface area contributed by atoms with E-state index in [-0.39, 0.29) is 27.6 Å².